The molecule has 0 aliphatic heterocycles. The lowest BCUT2D eigenvalue weighted by molar-refractivity contribution is -0.147. The quantitative estimate of drug-likeness (QED) is 0.375. The minimum Gasteiger partial charge on any atom is -0.463 e. The summed E-state index contributed by atoms with van der Waals surface area (Å²) in [6, 6.07) is 0. The molecule has 0 aliphatic rings. The van der Waals surface area contributed by atoms with E-state index in [1.165, 1.54) is 0 Å². The predicted molar refractivity (Wildman–Crippen MR) is 86.8 cm³/mol. The van der Waals surface area contributed by atoms with Gasteiger partial charge in [-0.25, -0.2) is 0 Å². The van der Waals surface area contributed by atoms with Gasteiger partial charge in [0.15, 0.2) is 0 Å². The van der Waals surface area contributed by atoms with Crippen LogP contribution in [0.15, 0.2) is 0 Å². The van der Waals surface area contributed by atoms with Gasteiger partial charge in [0, 0.05) is 12.8 Å². The number of unbranched alkanes of at least 4 members (excludes halogenated alkanes) is 4. The largest absolute Gasteiger partial charge is 0.463 e. The molecule has 0 rings (SSSR count). The van der Waals surface area contributed by atoms with E-state index in [0.717, 1.165) is 32.1 Å². The summed E-state index contributed by atoms with van der Waals surface area (Å²) in [7, 11) is 0. The molecule has 136 valence electrons. The first-order valence-corrected chi connectivity index (χ1v) is 8.66. The van der Waals surface area contributed by atoms with Gasteiger partial charge in [0.1, 0.15) is 13.2 Å². The zero-order valence-corrected chi connectivity index (χ0v) is 14.5. The Labute approximate surface area is 139 Å². The second-order valence-electron chi connectivity index (χ2n) is 5.76. The monoisotopic (exact) mass is 332 g/mol. The van der Waals surface area contributed by atoms with Crippen LogP contribution in [0.25, 0.3) is 0 Å². The van der Waals surface area contributed by atoms with E-state index < -0.39 is 12.2 Å². The summed E-state index contributed by atoms with van der Waals surface area (Å²) in [6.45, 7) is 3.81. The van der Waals surface area contributed by atoms with Gasteiger partial charge in [0.25, 0.3) is 0 Å². The molecule has 0 radical (unpaired) electrons. The molecule has 0 aromatic carbocycles. The second kappa shape index (κ2) is 14.5. The minimum absolute atomic E-state index is 0.0736. The van der Waals surface area contributed by atoms with Crippen LogP contribution < -0.4 is 0 Å². The van der Waals surface area contributed by atoms with Crippen molar-refractivity contribution in [1.29, 1.82) is 0 Å². The molecule has 0 saturated heterocycles. The first-order valence-electron chi connectivity index (χ1n) is 8.66. The number of aliphatic hydroxyl groups excluding tert-OH is 2. The van der Waals surface area contributed by atoms with Crippen molar-refractivity contribution >= 4 is 11.9 Å². The summed E-state index contributed by atoms with van der Waals surface area (Å²) < 4.78 is 9.88. The third-order valence-corrected chi connectivity index (χ3v) is 3.58. The van der Waals surface area contributed by atoms with Crippen molar-refractivity contribution in [2.75, 3.05) is 13.2 Å². The smallest absolute Gasteiger partial charge is 0.305 e. The Bertz CT molecular complexity index is 288. The Hall–Kier alpha value is -1.14. The Morgan fingerprint density at radius 1 is 0.739 bits per heavy atom. The molecule has 0 amide bonds. The maximum Gasteiger partial charge on any atom is 0.305 e. The zero-order valence-electron chi connectivity index (χ0n) is 14.5. The summed E-state index contributed by atoms with van der Waals surface area (Å²) >= 11 is 0. The molecule has 0 aliphatic carbocycles. The predicted octanol–water partition coefficient (Wildman–Crippen LogP) is 2.35. The Morgan fingerprint density at radius 3 is 1.43 bits per heavy atom. The normalized spacial score (nSPS) is 13.4. The molecule has 0 bridgehead atoms. The maximum absolute atomic E-state index is 11.4. The average Bonchev–Trinajstić information content (AvgIpc) is 2.56. The average molecular weight is 332 g/mol. The standard InChI is InChI=1S/C17H32O6/c1-3-14(18)12-22-16(20)10-8-6-5-7-9-11-17(21)23-13-15(19)4-2/h14-15,18-19H,3-13H2,1-2H3. The lowest BCUT2D eigenvalue weighted by Crippen LogP contribution is -2.17. The van der Waals surface area contributed by atoms with E-state index in [9.17, 15) is 19.8 Å². The molecule has 6 heteroatoms. The fourth-order valence-corrected chi connectivity index (χ4v) is 1.83. The highest BCUT2D eigenvalue weighted by atomic mass is 16.5. The molecule has 0 spiro atoms. The Balaban J connectivity index is 3.39. The van der Waals surface area contributed by atoms with Gasteiger partial charge in [-0.2, -0.15) is 0 Å². The third kappa shape index (κ3) is 14.2. The van der Waals surface area contributed by atoms with E-state index in [2.05, 4.69) is 0 Å². The van der Waals surface area contributed by atoms with Crippen LogP contribution >= 0.6 is 0 Å². The molecule has 2 unspecified atom stereocenters. The van der Waals surface area contributed by atoms with E-state index >= 15 is 0 Å². The van der Waals surface area contributed by atoms with Gasteiger partial charge >= 0.3 is 11.9 Å². The van der Waals surface area contributed by atoms with Crippen LogP contribution in [0.4, 0.5) is 0 Å². The molecule has 0 aromatic heterocycles. The van der Waals surface area contributed by atoms with Crippen molar-refractivity contribution in [3.05, 3.63) is 0 Å². The summed E-state index contributed by atoms with van der Waals surface area (Å²) in [5, 5.41) is 18.5. The van der Waals surface area contributed by atoms with Gasteiger partial charge in [-0.05, 0) is 25.7 Å². The van der Waals surface area contributed by atoms with Crippen LogP contribution in [0.5, 0.6) is 0 Å². The highest BCUT2D eigenvalue weighted by Gasteiger charge is 2.08. The second-order valence-corrected chi connectivity index (χ2v) is 5.76. The molecular weight excluding hydrogens is 300 g/mol. The molecule has 0 fully saturated rings. The highest BCUT2D eigenvalue weighted by Crippen LogP contribution is 2.09. The lowest BCUT2D eigenvalue weighted by Gasteiger charge is -2.09. The van der Waals surface area contributed by atoms with Crippen LogP contribution in [0.3, 0.4) is 0 Å². The van der Waals surface area contributed by atoms with Crippen molar-refractivity contribution in [3.63, 3.8) is 0 Å². The van der Waals surface area contributed by atoms with Crippen LogP contribution in [0.1, 0.15) is 71.6 Å². The first-order chi connectivity index (χ1) is 11.0. The number of esters is 2. The van der Waals surface area contributed by atoms with Gasteiger partial charge in [-0.3, -0.25) is 9.59 Å². The molecule has 0 saturated carbocycles. The minimum atomic E-state index is -0.572. The summed E-state index contributed by atoms with van der Waals surface area (Å²) in [6.07, 6.45) is 5.04. The molecule has 23 heavy (non-hydrogen) atoms. The van der Waals surface area contributed by atoms with Crippen molar-refractivity contribution in [2.24, 2.45) is 0 Å². The van der Waals surface area contributed by atoms with Crippen molar-refractivity contribution in [3.8, 4) is 0 Å². The number of rotatable bonds is 14. The van der Waals surface area contributed by atoms with Gasteiger partial charge < -0.3 is 19.7 Å². The lowest BCUT2D eigenvalue weighted by atomic mass is 10.1. The number of ether oxygens (including phenoxy) is 2. The number of carbonyl (C=O) groups is 2. The zero-order chi connectivity index (χ0) is 17.5. The highest BCUT2D eigenvalue weighted by molar-refractivity contribution is 5.69. The Kier molecular flexibility index (Phi) is 13.7. The van der Waals surface area contributed by atoms with Crippen LogP contribution in [0, 0.1) is 0 Å². The van der Waals surface area contributed by atoms with Crippen molar-refractivity contribution in [1.82, 2.24) is 0 Å². The maximum atomic E-state index is 11.4. The fraction of sp³-hybridized carbons (Fsp3) is 0.882. The fourth-order valence-electron chi connectivity index (χ4n) is 1.83. The van der Waals surface area contributed by atoms with E-state index in [1.807, 2.05) is 13.8 Å². The summed E-state index contributed by atoms with van der Waals surface area (Å²) in [5.74, 6) is -0.536. The van der Waals surface area contributed by atoms with E-state index in [1.54, 1.807) is 0 Å². The molecule has 0 aromatic rings. The molecule has 2 atom stereocenters. The number of hydrogen-bond donors (Lipinski definition) is 2. The molecule has 0 heterocycles. The van der Waals surface area contributed by atoms with Gasteiger partial charge in [-0.15, -0.1) is 0 Å². The number of carbonyl (C=O) groups excluding carboxylic acids is 2. The Morgan fingerprint density at radius 2 is 1.09 bits per heavy atom. The molecule has 2 N–H and O–H groups in total. The van der Waals surface area contributed by atoms with Crippen LogP contribution in [-0.2, 0) is 19.1 Å². The topological polar surface area (TPSA) is 93.1 Å². The number of aliphatic hydroxyl groups is 2. The van der Waals surface area contributed by atoms with Crippen LogP contribution in [-0.4, -0.2) is 47.6 Å². The summed E-state index contributed by atoms with van der Waals surface area (Å²) in [4.78, 5) is 22.8. The van der Waals surface area contributed by atoms with Crippen LogP contribution in [0.2, 0.25) is 0 Å². The molecule has 6 nitrogen and oxygen atoms in total. The van der Waals surface area contributed by atoms with Gasteiger partial charge in [-0.1, -0.05) is 33.1 Å². The SMILES string of the molecule is CCC(O)COC(=O)CCCCCCCC(=O)OCC(O)CC. The third-order valence-electron chi connectivity index (χ3n) is 3.58. The van der Waals surface area contributed by atoms with E-state index in [4.69, 9.17) is 9.47 Å². The number of hydrogen-bond acceptors (Lipinski definition) is 6. The first kappa shape index (κ1) is 21.9. The molecular formula is C17H32O6. The summed E-state index contributed by atoms with van der Waals surface area (Å²) in [5.41, 5.74) is 0. The van der Waals surface area contributed by atoms with Gasteiger partial charge in [0.2, 0.25) is 0 Å². The van der Waals surface area contributed by atoms with Crippen molar-refractivity contribution < 1.29 is 29.3 Å². The van der Waals surface area contributed by atoms with E-state index in [0.29, 0.717) is 25.7 Å². The van der Waals surface area contributed by atoms with E-state index in [-0.39, 0.29) is 25.2 Å². The van der Waals surface area contributed by atoms with Crippen molar-refractivity contribution in [2.45, 2.75) is 83.8 Å². The van der Waals surface area contributed by atoms with Gasteiger partial charge in [0.05, 0.1) is 12.2 Å².